The molecule has 116 valence electrons. The summed E-state index contributed by atoms with van der Waals surface area (Å²) < 4.78 is 16.3. The molecule has 1 aromatic rings. The summed E-state index contributed by atoms with van der Waals surface area (Å²) in [5.41, 5.74) is 0.473. The van der Waals surface area contributed by atoms with E-state index in [0.29, 0.717) is 10.9 Å². The molecule has 0 unspecified atom stereocenters. The number of alkyl halides is 1. The predicted molar refractivity (Wildman–Crippen MR) is 80.3 cm³/mol. The van der Waals surface area contributed by atoms with Crippen LogP contribution < -0.4 is 0 Å². The number of aliphatic hydroxyl groups is 1. The number of esters is 1. The standard InChI is InChI=1S/C15H19BrO5/c1-9-12(17)15(19-2)20-11(8-16)13(9)21-14(18)10-6-4-3-5-7-10/h3-7,9,11-13,15,17H,8H2,1-2H3/t9-,11+,12-,13-,15-/m0/s1. The quantitative estimate of drug-likeness (QED) is 0.658. The van der Waals surface area contributed by atoms with Gasteiger partial charge in [-0.25, -0.2) is 4.79 Å². The van der Waals surface area contributed by atoms with Gasteiger partial charge in [-0.2, -0.15) is 0 Å². The summed E-state index contributed by atoms with van der Waals surface area (Å²) in [6.45, 7) is 1.82. The van der Waals surface area contributed by atoms with E-state index in [1.807, 2.05) is 13.0 Å². The predicted octanol–water partition coefficient (Wildman–Crippen LogP) is 1.98. The molecule has 1 aliphatic rings. The molecule has 0 radical (unpaired) electrons. The highest BCUT2D eigenvalue weighted by molar-refractivity contribution is 9.09. The van der Waals surface area contributed by atoms with E-state index in [1.54, 1.807) is 24.3 Å². The van der Waals surface area contributed by atoms with Crippen molar-refractivity contribution in [2.24, 2.45) is 5.92 Å². The molecule has 5 atom stereocenters. The number of rotatable bonds is 4. The Morgan fingerprint density at radius 1 is 1.38 bits per heavy atom. The Morgan fingerprint density at radius 2 is 2.05 bits per heavy atom. The Morgan fingerprint density at radius 3 is 2.62 bits per heavy atom. The van der Waals surface area contributed by atoms with Crippen molar-refractivity contribution >= 4 is 21.9 Å². The Bertz CT molecular complexity index is 464. The second-order valence-electron chi connectivity index (χ2n) is 5.02. The van der Waals surface area contributed by atoms with E-state index in [1.165, 1.54) is 7.11 Å². The van der Waals surface area contributed by atoms with Gasteiger partial charge in [0.25, 0.3) is 0 Å². The van der Waals surface area contributed by atoms with Crippen LogP contribution in [0.3, 0.4) is 0 Å². The topological polar surface area (TPSA) is 65.0 Å². The molecule has 1 N–H and O–H groups in total. The minimum Gasteiger partial charge on any atom is -0.456 e. The van der Waals surface area contributed by atoms with Gasteiger partial charge in [0.15, 0.2) is 6.29 Å². The lowest BCUT2D eigenvalue weighted by atomic mass is 9.91. The van der Waals surface area contributed by atoms with Crippen molar-refractivity contribution in [2.75, 3.05) is 12.4 Å². The molecule has 21 heavy (non-hydrogen) atoms. The Kier molecular flexibility index (Phi) is 5.75. The van der Waals surface area contributed by atoms with Gasteiger partial charge in [-0.05, 0) is 12.1 Å². The summed E-state index contributed by atoms with van der Waals surface area (Å²) in [7, 11) is 1.47. The van der Waals surface area contributed by atoms with Crippen molar-refractivity contribution in [3.05, 3.63) is 35.9 Å². The van der Waals surface area contributed by atoms with Crippen LogP contribution in [0.5, 0.6) is 0 Å². The average Bonchev–Trinajstić information content (AvgIpc) is 2.53. The van der Waals surface area contributed by atoms with E-state index < -0.39 is 24.5 Å². The fraction of sp³-hybridized carbons (Fsp3) is 0.533. The molecule has 1 saturated heterocycles. The van der Waals surface area contributed by atoms with Gasteiger partial charge in [-0.3, -0.25) is 0 Å². The summed E-state index contributed by atoms with van der Waals surface area (Å²) in [6.07, 6.45) is -2.48. The first-order valence-corrected chi connectivity index (χ1v) is 7.89. The van der Waals surface area contributed by atoms with Crippen LogP contribution in [0, 0.1) is 5.92 Å². The lowest BCUT2D eigenvalue weighted by molar-refractivity contribution is -0.268. The molecule has 0 spiro atoms. The third-order valence-electron chi connectivity index (χ3n) is 3.65. The van der Waals surface area contributed by atoms with Crippen molar-refractivity contribution in [2.45, 2.75) is 31.5 Å². The number of carbonyl (C=O) groups is 1. The SMILES string of the molecule is CO[C@H]1O[C@H](CBr)[C@@H](OC(=O)c2ccccc2)[C@@H](C)[C@@H]1O. The number of hydrogen-bond acceptors (Lipinski definition) is 5. The van der Waals surface area contributed by atoms with Gasteiger partial charge < -0.3 is 19.3 Å². The Labute approximate surface area is 132 Å². The molecule has 0 amide bonds. The van der Waals surface area contributed by atoms with Crippen molar-refractivity contribution in [3.8, 4) is 0 Å². The summed E-state index contributed by atoms with van der Waals surface area (Å²) >= 11 is 3.35. The third-order valence-corrected chi connectivity index (χ3v) is 4.29. The van der Waals surface area contributed by atoms with Gasteiger partial charge in [0, 0.05) is 18.4 Å². The lowest BCUT2D eigenvalue weighted by Crippen LogP contribution is -2.55. The maximum atomic E-state index is 12.2. The zero-order valence-corrected chi connectivity index (χ0v) is 13.5. The molecular formula is C15H19BrO5. The van der Waals surface area contributed by atoms with E-state index in [2.05, 4.69) is 15.9 Å². The molecule has 0 saturated carbocycles. The van der Waals surface area contributed by atoms with Crippen molar-refractivity contribution in [1.82, 2.24) is 0 Å². The lowest BCUT2D eigenvalue weighted by Gasteiger charge is -2.41. The summed E-state index contributed by atoms with van der Waals surface area (Å²) in [4.78, 5) is 12.2. The first-order valence-electron chi connectivity index (χ1n) is 6.76. The highest BCUT2D eigenvalue weighted by Crippen LogP contribution is 2.30. The second kappa shape index (κ2) is 7.35. The molecule has 0 aliphatic carbocycles. The maximum Gasteiger partial charge on any atom is 0.338 e. The number of methoxy groups -OCH3 is 1. The fourth-order valence-electron chi connectivity index (χ4n) is 2.38. The monoisotopic (exact) mass is 358 g/mol. The molecule has 0 aromatic heterocycles. The minimum absolute atomic E-state index is 0.293. The van der Waals surface area contributed by atoms with E-state index in [0.717, 1.165) is 0 Å². The minimum atomic E-state index is -0.848. The van der Waals surface area contributed by atoms with Gasteiger partial charge in [0.1, 0.15) is 18.3 Å². The van der Waals surface area contributed by atoms with Crippen molar-refractivity contribution in [3.63, 3.8) is 0 Å². The van der Waals surface area contributed by atoms with E-state index in [9.17, 15) is 9.90 Å². The van der Waals surface area contributed by atoms with Crippen LogP contribution in [-0.2, 0) is 14.2 Å². The van der Waals surface area contributed by atoms with Gasteiger partial charge in [-0.1, -0.05) is 41.1 Å². The summed E-state index contributed by atoms with van der Waals surface area (Å²) in [5, 5.41) is 10.6. The highest BCUT2D eigenvalue weighted by Gasteiger charge is 2.44. The number of carbonyl (C=O) groups excluding carboxylic acids is 1. The summed E-state index contributed by atoms with van der Waals surface area (Å²) in [5.74, 6) is -0.719. The largest absolute Gasteiger partial charge is 0.456 e. The zero-order valence-electron chi connectivity index (χ0n) is 11.9. The van der Waals surface area contributed by atoms with Crippen LogP contribution in [0.15, 0.2) is 30.3 Å². The van der Waals surface area contributed by atoms with Gasteiger partial charge >= 0.3 is 5.97 Å². The first kappa shape index (κ1) is 16.4. The molecule has 5 nitrogen and oxygen atoms in total. The highest BCUT2D eigenvalue weighted by atomic mass is 79.9. The Balaban J connectivity index is 2.11. The van der Waals surface area contributed by atoms with Crippen LogP contribution in [0.4, 0.5) is 0 Å². The Hall–Kier alpha value is -0.950. The van der Waals surface area contributed by atoms with Gasteiger partial charge in [0.05, 0.1) is 5.56 Å². The number of benzene rings is 1. The van der Waals surface area contributed by atoms with Gasteiger partial charge in [0.2, 0.25) is 0 Å². The number of aliphatic hydroxyl groups excluding tert-OH is 1. The normalized spacial score (nSPS) is 32.7. The van der Waals surface area contributed by atoms with Crippen molar-refractivity contribution < 1.29 is 24.1 Å². The molecular weight excluding hydrogens is 340 g/mol. The van der Waals surface area contributed by atoms with Crippen molar-refractivity contribution in [1.29, 1.82) is 0 Å². The summed E-state index contributed by atoms with van der Waals surface area (Å²) in [6, 6.07) is 8.75. The maximum absolute atomic E-state index is 12.2. The second-order valence-corrected chi connectivity index (χ2v) is 5.67. The number of halogens is 1. The van der Waals surface area contributed by atoms with Crippen LogP contribution >= 0.6 is 15.9 Å². The van der Waals surface area contributed by atoms with Crippen LogP contribution in [0.25, 0.3) is 0 Å². The molecule has 2 rings (SSSR count). The van der Waals surface area contributed by atoms with E-state index >= 15 is 0 Å². The van der Waals surface area contributed by atoms with Crippen LogP contribution in [0.2, 0.25) is 0 Å². The van der Waals surface area contributed by atoms with E-state index in [4.69, 9.17) is 14.2 Å². The van der Waals surface area contributed by atoms with Crippen LogP contribution in [0.1, 0.15) is 17.3 Å². The number of hydrogen-bond donors (Lipinski definition) is 1. The molecule has 0 bridgehead atoms. The molecule has 1 heterocycles. The third kappa shape index (κ3) is 3.63. The van der Waals surface area contributed by atoms with Crippen LogP contribution in [-0.4, -0.2) is 48.1 Å². The molecule has 1 aliphatic heterocycles. The number of ether oxygens (including phenoxy) is 3. The first-order chi connectivity index (χ1) is 10.1. The fourth-order valence-corrected chi connectivity index (χ4v) is 2.90. The molecule has 6 heteroatoms. The average molecular weight is 359 g/mol. The molecule has 1 aromatic carbocycles. The molecule has 1 fully saturated rings. The zero-order chi connectivity index (χ0) is 15.4. The smallest absolute Gasteiger partial charge is 0.338 e. The van der Waals surface area contributed by atoms with E-state index in [-0.39, 0.29) is 12.0 Å². The van der Waals surface area contributed by atoms with Gasteiger partial charge in [-0.15, -0.1) is 0 Å².